The summed E-state index contributed by atoms with van der Waals surface area (Å²) in [6, 6.07) is 13.8. The number of carbonyl (C=O) groups excluding carboxylic acids is 1. The molecule has 120 valence electrons. The Kier molecular flexibility index (Phi) is 4.09. The molecule has 2 aromatic rings. The maximum absolute atomic E-state index is 12.3. The fourth-order valence-electron chi connectivity index (χ4n) is 2.46. The van der Waals surface area contributed by atoms with E-state index < -0.39 is 21.8 Å². The van der Waals surface area contributed by atoms with Crippen molar-refractivity contribution in [2.45, 2.75) is 24.3 Å². The quantitative estimate of drug-likeness (QED) is 0.937. The predicted molar refractivity (Wildman–Crippen MR) is 87.4 cm³/mol. The summed E-state index contributed by atoms with van der Waals surface area (Å²) >= 11 is 0. The molecule has 2 aromatic carbocycles. The molecular weight excluding hydrogens is 314 g/mol. The van der Waals surface area contributed by atoms with Gasteiger partial charge in [-0.25, -0.2) is 8.42 Å². The molecule has 6 heteroatoms. The second-order valence-electron chi connectivity index (χ2n) is 5.37. The summed E-state index contributed by atoms with van der Waals surface area (Å²) in [7, 11) is -3.53. The first-order chi connectivity index (χ1) is 11.0. The Morgan fingerprint density at radius 3 is 2.57 bits per heavy atom. The van der Waals surface area contributed by atoms with Gasteiger partial charge >= 0.3 is 0 Å². The van der Waals surface area contributed by atoms with Crippen molar-refractivity contribution in [3.05, 3.63) is 54.1 Å². The molecule has 0 radical (unpaired) electrons. The molecule has 0 saturated heterocycles. The van der Waals surface area contributed by atoms with Crippen LogP contribution in [0.3, 0.4) is 0 Å². The fourth-order valence-corrected chi connectivity index (χ4v) is 3.96. The van der Waals surface area contributed by atoms with Crippen LogP contribution in [0.5, 0.6) is 5.75 Å². The zero-order valence-corrected chi connectivity index (χ0v) is 13.5. The van der Waals surface area contributed by atoms with Crippen LogP contribution in [0, 0.1) is 0 Å². The highest BCUT2D eigenvalue weighted by Gasteiger charge is 2.35. The normalized spacial score (nSPS) is 18.6. The van der Waals surface area contributed by atoms with Crippen molar-refractivity contribution >= 4 is 21.4 Å². The van der Waals surface area contributed by atoms with Gasteiger partial charge in [-0.1, -0.05) is 31.2 Å². The van der Waals surface area contributed by atoms with Crippen molar-refractivity contribution < 1.29 is 17.9 Å². The number of carbonyl (C=O) groups is 1. The van der Waals surface area contributed by atoms with Crippen molar-refractivity contribution in [2.75, 3.05) is 11.1 Å². The lowest BCUT2D eigenvalue weighted by atomic mass is 10.1. The first kappa shape index (κ1) is 15.6. The third kappa shape index (κ3) is 3.22. The number of benzene rings is 2. The molecule has 0 saturated carbocycles. The number of nitrogens with one attached hydrogen (secondary N) is 1. The Bertz CT molecular complexity index is 828. The molecule has 1 amide bonds. The van der Waals surface area contributed by atoms with Crippen LogP contribution in [0.2, 0.25) is 0 Å². The van der Waals surface area contributed by atoms with Gasteiger partial charge in [0.1, 0.15) is 16.4 Å². The van der Waals surface area contributed by atoms with Gasteiger partial charge in [0.2, 0.25) is 0 Å². The van der Waals surface area contributed by atoms with E-state index >= 15 is 0 Å². The Hall–Kier alpha value is -2.34. The van der Waals surface area contributed by atoms with Crippen LogP contribution in [0.15, 0.2) is 53.4 Å². The molecule has 1 N–H and O–H groups in total. The second kappa shape index (κ2) is 6.04. The van der Waals surface area contributed by atoms with Crippen molar-refractivity contribution in [2.24, 2.45) is 0 Å². The Balaban J connectivity index is 1.78. The van der Waals surface area contributed by atoms with Crippen LogP contribution >= 0.6 is 0 Å². The molecule has 0 aromatic heterocycles. The van der Waals surface area contributed by atoms with Gasteiger partial charge in [-0.2, -0.15) is 0 Å². The van der Waals surface area contributed by atoms with E-state index in [0.29, 0.717) is 5.69 Å². The van der Waals surface area contributed by atoms with E-state index in [1.165, 1.54) is 6.07 Å². The minimum Gasteiger partial charge on any atom is -0.478 e. The highest BCUT2D eigenvalue weighted by Crippen LogP contribution is 2.30. The molecule has 1 heterocycles. The molecule has 3 rings (SSSR count). The van der Waals surface area contributed by atoms with Crippen LogP contribution in [-0.2, 0) is 21.1 Å². The summed E-state index contributed by atoms with van der Waals surface area (Å²) in [5, 5.41) is 2.70. The topological polar surface area (TPSA) is 72.5 Å². The highest BCUT2D eigenvalue weighted by molar-refractivity contribution is 7.91. The van der Waals surface area contributed by atoms with Gasteiger partial charge in [-0.3, -0.25) is 4.79 Å². The number of amides is 1. The summed E-state index contributed by atoms with van der Waals surface area (Å²) in [4.78, 5) is 12.5. The minimum atomic E-state index is -3.53. The Labute approximate surface area is 135 Å². The molecule has 0 unspecified atom stereocenters. The molecule has 1 atom stereocenters. The number of hydrogen-bond acceptors (Lipinski definition) is 4. The highest BCUT2D eigenvalue weighted by atomic mass is 32.2. The monoisotopic (exact) mass is 331 g/mol. The van der Waals surface area contributed by atoms with E-state index in [4.69, 9.17) is 4.74 Å². The Morgan fingerprint density at radius 1 is 1.17 bits per heavy atom. The zero-order valence-electron chi connectivity index (χ0n) is 12.7. The van der Waals surface area contributed by atoms with Crippen LogP contribution in [-0.4, -0.2) is 26.2 Å². The van der Waals surface area contributed by atoms with Gasteiger partial charge in [-0.05, 0) is 36.2 Å². The number of anilines is 1. The lowest BCUT2D eigenvalue weighted by Gasteiger charge is -2.25. The summed E-state index contributed by atoms with van der Waals surface area (Å²) in [5.41, 5.74) is 1.78. The Morgan fingerprint density at radius 2 is 1.87 bits per heavy atom. The van der Waals surface area contributed by atoms with Crippen molar-refractivity contribution in [3.8, 4) is 5.75 Å². The van der Waals surface area contributed by atoms with E-state index in [2.05, 4.69) is 5.32 Å². The summed E-state index contributed by atoms with van der Waals surface area (Å²) in [5.74, 6) is -0.601. The van der Waals surface area contributed by atoms with E-state index in [1.807, 2.05) is 19.1 Å². The van der Waals surface area contributed by atoms with Crippen LogP contribution in [0.4, 0.5) is 5.69 Å². The number of para-hydroxylation sites is 1. The lowest BCUT2D eigenvalue weighted by molar-refractivity contribution is -0.122. The molecule has 0 fully saturated rings. The maximum Gasteiger partial charge on any atom is 0.266 e. The van der Waals surface area contributed by atoms with E-state index in [1.54, 1.807) is 30.3 Å². The number of sulfone groups is 1. The van der Waals surface area contributed by atoms with Gasteiger partial charge in [-0.15, -0.1) is 0 Å². The minimum absolute atomic E-state index is 0.136. The van der Waals surface area contributed by atoms with E-state index in [0.717, 1.165) is 12.0 Å². The molecule has 1 aliphatic heterocycles. The molecule has 23 heavy (non-hydrogen) atoms. The SMILES string of the molecule is CCc1ccc(NC(=O)[C@H]2CS(=O)(=O)c3ccccc3O2)cc1. The molecule has 5 nitrogen and oxygen atoms in total. The van der Waals surface area contributed by atoms with Gasteiger partial charge < -0.3 is 10.1 Å². The summed E-state index contributed by atoms with van der Waals surface area (Å²) < 4.78 is 30.1. The molecule has 0 spiro atoms. The first-order valence-corrected chi connectivity index (χ1v) is 9.03. The van der Waals surface area contributed by atoms with Crippen LogP contribution in [0.25, 0.3) is 0 Å². The van der Waals surface area contributed by atoms with Gasteiger partial charge in [0.15, 0.2) is 15.9 Å². The van der Waals surface area contributed by atoms with E-state index in [9.17, 15) is 13.2 Å². The zero-order chi connectivity index (χ0) is 16.4. The fraction of sp³-hybridized carbons (Fsp3) is 0.235. The standard InChI is InChI=1S/C17H17NO4S/c1-2-12-7-9-13(10-8-12)18-17(19)15-11-23(20,21)16-6-4-3-5-14(16)22-15/h3-10,15H,2,11H2,1H3,(H,18,19)/t15-/m1/s1. The van der Waals surface area contributed by atoms with Gasteiger partial charge in [0.25, 0.3) is 5.91 Å². The number of rotatable bonds is 3. The smallest absolute Gasteiger partial charge is 0.266 e. The summed E-state index contributed by atoms with van der Waals surface area (Å²) in [6.07, 6.45) is -0.143. The third-order valence-corrected chi connectivity index (χ3v) is 5.50. The average molecular weight is 331 g/mol. The summed E-state index contributed by atoms with van der Waals surface area (Å²) in [6.45, 7) is 2.05. The number of ether oxygens (including phenoxy) is 1. The average Bonchev–Trinajstić information content (AvgIpc) is 2.55. The van der Waals surface area contributed by atoms with Crippen molar-refractivity contribution in [1.82, 2.24) is 0 Å². The van der Waals surface area contributed by atoms with Gasteiger partial charge in [0.05, 0.1) is 0 Å². The third-order valence-electron chi connectivity index (χ3n) is 3.75. The largest absolute Gasteiger partial charge is 0.478 e. The lowest BCUT2D eigenvalue weighted by Crippen LogP contribution is -2.41. The first-order valence-electron chi connectivity index (χ1n) is 7.38. The second-order valence-corrected chi connectivity index (χ2v) is 7.38. The van der Waals surface area contributed by atoms with Crippen molar-refractivity contribution in [3.63, 3.8) is 0 Å². The van der Waals surface area contributed by atoms with E-state index in [-0.39, 0.29) is 16.4 Å². The number of fused-ring (bicyclic) bond motifs is 1. The van der Waals surface area contributed by atoms with Crippen LogP contribution < -0.4 is 10.1 Å². The van der Waals surface area contributed by atoms with Gasteiger partial charge in [0, 0.05) is 5.69 Å². The number of aryl methyl sites for hydroxylation is 1. The number of hydrogen-bond donors (Lipinski definition) is 1. The maximum atomic E-state index is 12.3. The molecule has 0 aliphatic carbocycles. The molecular formula is C17H17NO4S. The molecule has 1 aliphatic rings. The van der Waals surface area contributed by atoms with Crippen LogP contribution in [0.1, 0.15) is 12.5 Å². The molecule has 0 bridgehead atoms. The van der Waals surface area contributed by atoms with Crippen molar-refractivity contribution in [1.29, 1.82) is 0 Å². The predicted octanol–water partition coefficient (Wildman–Crippen LogP) is 2.42.